The van der Waals surface area contributed by atoms with E-state index in [9.17, 15) is 4.39 Å². The third kappa shape index (κ3) is 1.72. The molecule has 2 rings (SSSR count). The van der Waals surface area contributed by atoms with Crippen molar-refractivity contribution in [2.75, 3.05) is 19.0 Å². The molecule has 82 valence electrons. The van der Waals surface area contributed by atoms with Crippen LogP contribution in [0.2, 0.25) is 0 Å². The molecule has 0 saturated heterocycles. The van der Waals surface area contributed by atoms with Crippen LogP contribution in [0.5, 0.6) is 0 Å². The van der Waals surface area contributed by atoms with Crippen molar-refractivity contribution in [3.63, 3.8) is 0 Å². The molecule has 1 aliphatic carbocycles. The summed E-state index contributed by atoms with van der Waals surface area (Å²) in [7, 11) is 3.91. The van der Waals surface area contributed by atoms with Crippen molar-refractivity contribution in [2.45, 2.75) is 24.8 Å². The number of rotatable bonds is 2. The Morgan fingerprint density at radius 2 is 2.00 bits per heavy atom. The van der Waals surface area contributed by atoms with E-state index in [1.807, 2.05) is 19.0 Å². The minimum absolute atomic E-state index is 0.202. The van der Waals surface area contributed by atoms with E-state index in [0.717, 1.165) is 30.5 Å². The molecule has 15 heavy (non-hydrogen) atoms. The van der Waals surface area contributed by atoms with E-state index in [1.165, 1.54) is 6.07 Å². The molecule has 2 N–H and O–H groups in total. The lowest BCUT2D eigenvalue weighted by Gasteiger charge is -2.40. The number of halogens is 1. The van der Waals surface area contributed by atoms with Crippen LogP contribution in [0.4, 0.5) is 10.1 Å². The molecule has 3 heteroatoms. The molecular formula is C12H17FN2. The molecular weight excluding hydrogens is 191 g/mol. The van der Waals surface area contributed by atoms with Crippen molar-refractivity contribution in [1.29, 1.82) is 0 Å². The smallest absolute Gasteiger partial charge is 0.123 e. The number of benzene rings is 1. The summed E-state index contributed by atoms with van der Waals surface area (Å²) in [6, 6.07) is 4.87. The summed E-state index contributed by atoms with van der Waals surface area (Å²) in [6.45, 7) is 0. The molecule has 1 aromatic rings. The normalized spacial score (nSPS) is 18.4. The van der Waals surface area contributed by atoms with Gasteiger partial charge in [0, 0.05) is 25.3 Å². The van der Waals surface area contributed by atoms with Gasteiger partial charge in [0.25, 0.3) is 0 Å². The lowest BCUT2D eigenvalue weighted by atomic mass is 9.72. The molecule has 0 bridgehead atoms. The number of hydrogen-bond acceptors (Lipinski definition) is 2. The summed E-state index contributed by atoms with van der Waals surface area (Å²) in [5, 5.41) is 0. The fourth-order valence-electron chi connectivity index (χ4n) is 2.12. The molecule has 1 aliphatic rings. The van der Waals surface area contributed by atoms with Gasteiger partial charge in [-0.2, -0.15) is 0 Å². The minimum atomic E-state index is -0.304. The van der Waals surface area contributed by atoms with Gasteiger partial charge in [-0.05, 0) is 43.0 Å². The summed E-state index contributed by atoms with van der Waals surface area (Å²) in [4.78, 5) is 1.99. The van der Waals surface area contributed by atoms with Gasteiger partial charge in [0.15, 0.2) is 0 Å². The van der Waals surface area contributed by atoms with Gasteiger partial charge >= 0.3 is 0 Å². The highest BCUT2D eigenvalue weighted by Crippen LogP contribution is 2.42. The van der Waals surface area contributed by atoms with Crippen LogP contribution < -0.4 is 10.6 Å². The van der Waals surface area contributed by atoms with Crippen LogP contribution in [-0.2, 0) is 5.54 Å². The quantitative estimate of drug-likeness (QED) is 0.807. The van der Waals surface area contributed by atoms with Crippen LogP contribution in [0.15, 0.2) is 18.2 Å². The second-order valence-corrected chi connectivity index (χ2v) is 4.57. The Labute approximate surface area is 89.9 Å². The average Bonchev–Trinajstić information content (AvgIpc) is 2.13. The molecule has 0 spiro atoms. The van der Waals surface area contributed by atoms with Crippen LogP contribution in [0.3, 0.4) is 0 Å². The zero-order valence-corrected chi connectivity index (χ0v) is 9.26. The number of nitrogens with two attached hydrogens (primary N) is 1. The maximum absolute atomic E-state index is 13.2. The largest absolute Gasteiger partial charge is 0.377 e. The molecule has 0 aliphatic heterocycles. The van der Waals surface area contributed by atoms with Gasteiger partial charge in [-0.25, -0.2) is 4.39 Å². The van der Waals surface area contributed by atoms with E-state index < -0.39 is 0 Å². The van der Waals surface area contributed by atoms with E-state index in [2.05, 4.69) is 0 Å². The Bertz CT molecular complexity index is 370. The van der Waals surface area contributed by atoms with Crippen molar-refractivity contribution in [3.8, 4) is 0 Å². The first-order valence-electron chi connectivity index (χ1n) is 5.29. The van der Waals surface area contributed by atoms with Gasteiger partial charge in [-0.1, -0.05) is 0 Å². The lowest BCUT2D eigenvalue weighted by molar-refractivity contribution is 0.253. The van der Waals surface area contributed by atoms with Crippen LogP contribution in [0.25, 0.3) is 0 Å². The van der Waals surface area contributed by atoms with Gasteiger partial charge < -0.3 is 10.6 Å². The molecule has 0 heterocycles. The van der Waals surface area contributed by atoms with Gasteiger partial charge in [-0.3, -0.25) is 0 Å². The van der Waals surface area contributed by atoms with Crippen LogP contribution in [0, 0.1) is 5.82 Å². The highest BCUT2D eigenvalue weighted by Gasteiger charge is 2.36. The predicted molar refractivity (Wildman–Crippen MR) is 60.4 cm³/mol. The topological polar surface area (TPSA) is 29.3 Å². The molecule has 1 saturated carbocycles. The van der Waals surface area contributed by atoms with Gasteiger partial charge in [0.2, 0.25) is 0 Å². The lowest BCUT2D eigenvalue weighted by Crippen LogP contribution is -2.44. The zero-order chi connectivity index (χ0) is 11.1. The van der Waals surface area contributed by atoms with Crippen molar-refractivity contribution in [2.24, 2.45) is 5.73 Å². The van der Waals surface area contributed by atoms with E-state index in [4.69, 9.17) is 5.73 Å². The van der Waals surface area contributed by atoms with Gasteiger partial charge in [0.05, 0.1) is 0 Å². The van der Waals surface area contributed by atoms with Gasteiger partial charge in [0.1, 0.15) is 5.82 Å². The van der Waals surface area contributed by atoms with Crippen molar-refractivity contribution in [3.05, 3.63) is 29.6 Å². The second-order valence-electron chi connectivity index (χ2n) is 4.57. The first kappa shape index (κ1) is 10.4. The molecule has 2 nitrogen and oxygen atoms in total. The van der Waals surface area contributed by atoms with E-state index in [-0.39, 0.29) is 11.4 Å². The van der Waals surface area contributed by atoms with Crippen molar-refractivity contribution < 1.29 is 4.39 Å². The Kier molecular flexibility index (Phi) is 2.43. The predicted octanol–water partition coefficient (Wildman–Crippen LogP) is 2.23. The highest BCUT2D eigenvalue weighted by atomic mass is 19.1. The maximum atomic E-state index is 13.2. The molecule has 0 aromatic heterocycles. The first-order chi connectivity index (χ1) is 7.03. The van der Waals surface area contributed by atoms with Crippen LogP contribution >= 0.6 is 0 Å². The summed E-state index contributed by atoms with van der Waals surface area (Å²) in [6.07, 6.45) is 3.05. The third-order valence-corrected chi connectivity index (χ3v) is 3.22. The summed E-state index contributed by atoms with van der Waals surface area (Å²) in [5.41, 5.74) is 7.90. The molecule has 0 unspecified atom stereocenters. The Morgan fingerprint density at radius 3 is 2.47 bits per heavy atom. The number of nitrogens with zero attached hydrogens (tertiary/aromatic N) is 1. The standard InChI is InChI=1S/C12H17FN2/c1-15(2)11-5-4-9(13)8-10(11)12(14)6-3-7-12/h4-5,8H,3,6-7,14H2,1-2H3. The Balaban J connectivity index is 2.47. The molecule has 1 fully saturated rings. The number of anilines is 1. The van der Waals surface area contributed by atoms with E-state index in [0.29, 0.717) is 0 Å². The van der Waals surface area contributed by atoms with Crippen molar-refractivity contribution >= 4 is 5.69 Å². The monoisotopic (exact) mass is 208 g/mol. The highest BCUT2D eigenvalue weighted by molar-refractivity contribution is 5.56. The second kappa shape index (κ2) is 3.49. The summed E-state index contributed by atoms with van der Waals surface area (Å²) < 4.78 is 13.2. The summed E-state index contributed by atoms with van der Waals surface area (Å²) >= 11 is 0. The minimum Gasteiger partial charge on any atom is -0.377 e. The summed E-state index contributed by atoms with van der Waals surface area (Å²) in [5.74, 6) is -0.202. The Hall–Kier alpha value is -1.09. The number of hydrogen-bond donors (Lipinski definition) is 1. The molecule has 0 atom stereocenters. The van der Waals surface area contributed by atoms with Crippen molar-refractivity contribution in [1.82, 2.24) is 0 Å². The molecule has 0 amide bonds. The fourth-order valence-corrected chi connectivity index (χ4v) is 2.12. The van der Waals surface area contributed by atoms with E-state index in [1.54, 1.807) is 12.1 Å². The molecule has 1 aromatic carbocycles. The Morgan fingerprint density at radius 1 is 1.33 bits per heavy atom. The zero-order valence-electron chi connectivity index (χ0n) is 9.26. The molecule has 0 radical (unpaired) electrons. The van der Waals surface area contributed by atoms with Gasteiger partial charge in [-0.15, -0.1) is 0 Å². The average molecular weight is 208 g/mol. The first-order valence-corrected chi connectivity index (χ1v) is 5.29. The maximum Gasteiger partial charge on any atom is 0.123 e. The van der Waals surface area contributed by atoms with Crippen LogP contribution in [0.1, 0.15) is 24.8 Å². The van der Waals surface area contributed by atoms with Crippen LogP contribution in [-0.4, -0.2) is 14.1 Å². The third-order valence-electron chi connectivity index (χ3n) is 3.22. The fraction of sp³-hybridized carbons (Fsp3) is 0.500. The van der Waals surface area contributed by atoms with E-state index >= 15 is 0 Å². The SMILES string of the molecule is CN(C)c1ccc(F)cc1C1(N)CCC1.